The lowest BCUT2D eigenvalue weighted by Gasteiger charge is -2.08. The van der Waals surface area contributed by atoms with Crippen molar-refractivity contribution in [2.45, 2.75) is 32.2 Å². The van der Waals surface area contributed by atoms with Crippen molar-refractivity contribution in [3.8, 4) is 0 Å². The predicted molar refractivity (Wildman–Crippen MR) is 42.1 cm³/mol. The number of nitrogens with one attached hydrogen (secondary N) is 1. The summed E-state index contributed by atoms with van der Waals surface area (Å²) >= 11 is 0. The van der Waals surface area contributed by atoms with Gasteiger partial charge >= 0.3 is 0 Å². The first kappa shape index (κ1) is 8.02. The van der Waals surface area contributed by atoms with Crippen LogP contribution in [-0.4, -0.2) is 25.8 Å². The highest BCUT2D eigenvalue weighted by Crippen LogP contribution is 2.02. The maximum Gasteiger partial charge on any atom is 0.0620 e. The third-order valence-corrected chi connectivity index (χ3v) is 1.89. The maximum atomic E-state index is 5.23. The average molecular weight is 143 g/mol. The molecule has 0 amide bonds. The molecule has 0 radical (unpaired) electrons. The van der Waals surface area contributed by atoms with Crippen LogP contribution in [0.15, 0.2) is 0 Å². The lowest BCUT2D eigenvalue weighted by atomic mass is 10.2. The van der Waals surface area contributed by atoms with Crippen molar-refractivity contribution >= 4 is 0 Å². The second-order valence-corrected chi connectivity index (χ2v) is 2.87. The zero-order chi connectivity index (χ0) is 7.23. The molecule has 1 heterocycles. The predicted octanol–water partition coefficient (Wildman–Crippen LogP) is 1.17. The molecular formula is C8H17NO. The lowest BCUT2D eigenvalue weighted by molar-refractivity contribution is 0.190. The number of ether oxygens (including phenoxy) is 1. The maximum absolute atomic E-state index is 5.23. The monoisotopic (exact) mass is 143 g/mol. The van der Waals surface area contributed by atoms with Crippen LogP contribution in [0, 0.1) is 0 Å². The molecular weight excluding hydrogens is 126 g/mol. The van der Waals surface area contributed by atoms with Gasteiger partial charge in [-0.25, -0.2) is 0 Å². The first-order valence-electron chi connectivity index (χ1n) is 4.24. The number of rotatable bonds is 4. The van der Waals surface area contributed by atoms with Gasteiger partial charge in [-0.3, -0.25) is 0 Å². The summed E-state index contributed by atoms with van der Waals surface area (Å²) < 4.78 is 5.23. The molecule has 0 unspecified atom stereocenters. The highest BCUT2D eigenvalue weighted by atomic mass is 16.5. The topological polar surface area (TPSA) is 21.3 Å². The first-order valence-corrected chi connectivity index (χ1v) is 4.24. The van der Waals surface area contributed by atoms with Gasteiger partial charge in [-0.1, -0.05) is 13.3 Å². The van der Waals surface area contributed by atoms with Crippen LogP contribution in [0.1, 0.15) is 26.2 Å². The SMILES string of the molecule is CCCCN[C@H]1CCOC1. The molecule has 0 aromatic rings. The molecule has 1 atom stereocenters. The third kappa shape index (κ3) is 2.67. The Morgan fingerprint density at radius 3 is 3.10 bits per heavy atom. The van der Waals surface area contributed by atoms with Crippen LogP contribution < -0.4 is 5.32 Å². The molecule has 1 rings (SSSR count). The molecule has 0 saturated carbocycles. The van der Waals surface area contributed by atoms with E-state index >= 15 is 0 Å². The van der Waals surface area contributed by atoms with E-state index in [2.05, 4.69) is 12.2 Å². The Kier molecular flexibility index (Phi) is 3.76. The molecule has 0 aliphatic carbocycles. The van der Waals surface area contributed by atoms with Crippen LogP contribution in [-0.2, 0) is 4.74 Å². The fourth-order valence-electron chi connectivity index (χ4n) is 1.18. The van der Waals surface area contributed by atoms with Crippen molar-refractivity contribution in [3.05, 3.63) is 0 Å². The molecule has 60 valence electrons. The first-order chi connectivity index (χ1) is 4.93. The van der Waals surface area contributed by atoms with Gasteiger partial charge in [0.15, 0.2) is 0 Å². The lowest BCUT2D eigenvalue weighted by Crippen LogP contribution is -2.29. The Bertz CT molecular complexity index is 79.3. The van der Waals surface area contributed by atoms with Gasteiger partial charge in [-0.05, 0) is 19.4 Å². The van der Waals surface area contributed by atoms with Crippen LogP contribution in [0.3, 0.4) is 0 Å². The van der Waals surface area contributed by atoms with E-state index < -0.39 is 0 Å². The molecule has 10 heavy (non-hydrogen) atoms. The Hall–Kier alpha value is -0.0800. The van der Waals surface area contributed by atoms with E-state index in [1.807, 2.05) is 0 Å². The summed E-state index contributed by atoms with van der Waals surface area (Å²) in [4.78, 5) is 0. The zero-order valence-electron chi connectivity index (χ0n) is 6.73. The Morgan fingerprint density at radius 1 is 1.60 bits per heavy atom. The standard InChI is InChI=1S/C8H17NO/c1-2-3-5-9-8-4-6-10-7-8/h8-9H,2-7H2,1H3/t8-/m0/s1. The normalized spacial score (nSPS) is 25.5. The quantitative estimate of drug-likeness (QED) is 0.596. The van der Waals surface area contributed by atoms with E-state index in [1.165, 1.54) is 19.3 Å². The molecule has 0 spiro atoms. The number of unbranched alkanes of at least 4 members (excludes halogenated alkanes) is 1. The highest BCUT2D eigenvalue weighted by Gasteiger charge is 2.13. The van der Waals surface area contributed by atoms with Gasteiger partial charge in [0.1, 0.15) is 0 Å². The van der Waals surface area contributed by atoms with E-state index in [0.717, 1.165) is 19.8 Å². The van der Waals surface area contributed by atoms with Crippen molar-refractivity contribution in [3.63, 3.8) is 0 Å². The summed E-state index contributed by atoms with van der Waals surface area (Å²) in [6, 6.07) is 0.645. The molecule has 0 aromatic carbocycles. The molecule has 1 fully saturated rings. The minimum atomic E-state index is 0.645. The summed E-state index contributed by atoms with van der Waals surface area (Å²) in [5, 5.41) is 3.46. The molecule has 2 heteroatoms. The van der Waals surface area contributed by atoms with Crippen LogP contribution in [0.5, 0.6) is 0 Å². The zero-order valence-corrected chi connectivity index (χ0v) is 6.73. The van der Waals surface area contributed by atoms with Gasteiger partial charge in [0, 0.05) is 12.6 Å². The van der Waals surface area contributed by atoms with Crippen molar-refractivity contribution in [1.82, 2.24) is 5.32 Å². The molecule has 1 aliphatic heterocycles. The van der Waals surface area contributed by atoms with E-state index in [1.54, 1.807) is 0 Å². The van der Waals surface area contributed by atoms with Crippen LogP contribution in [0.25, 0.3) is 0 Å². The van der Waals surface area contributed by atoms with Crippen molar-refractivity contribution < 1.29 is 4.74 Å². The van der Waals surface area contributed by atoms with Gasteiger partial charge in [0.2, 0.25) is 0 Å². The second kappa shape index (κ2) is 4.69. The van der Waals surface area contributed by atoms with Gasteiger partial charge in [0.05, 0.1) is 6.61 Å². The Labute approximate surface area is 63.0 Å². The van der Waals surface area contributed by atoms with Gasteiger partial charge in [-0.2, -0.15) is 0 Å². The van der Waals surface area contributed by atoms with Gasteiger partial charge in [0.25, 0.3) is 0 Å². The molecule has 0 bridgehead atoms. The van der Waals surface area contributed by atoms with Gasteiger partial charge in [-0.15, -0.1) is 0 Å². The molecule has 2 nitrogen and oxygen atoms in total. The second-order valence-electron chi connectivity index (χ2n) is 2.87. The van der Waals surface area contributed by atoms with Crippen LogP contribution in [0.4, 0.5) is 0 Å². The summed E-state index contributed by atoms with van der Waals surface area (Å²) in [6.45, 7) is 5.24. The molecule has 1 saturated heterocycles. The Balaban J connectivity index is 1.91. The summed E-state index contributed by atoms with van der Waals surface area (Å²) in [6.07, 6.45) is 3.76. The minimum Gasteiger partial charge on any atom is -0.380 e. The molecule has 1 aliphatic rings. The highest BCUT2D eigenvalue weighted by molar-refractivity contribution is 4.70. The average Bonchev–Trinajstić information content (AvgIpc) is 2.41. The smallest absolute Gasteiger partial charge is 0.0620 e. The van der Waals surface area contributed by atoms with E-state index in [9.17, 15) is 0 Å². The largest absolute Gasteiger partial charge is 0.380 e. The van der Waals surface area contributed by atoms with E-state index in [4.69, 9.17) is 4.74 Å². The van der Waals surface area contributed by atoms with Gasteiger partial charge < -0.3 is 10.1 Å². The van der Waals surface area contributed by atoms with Crippen molar-refractivity contribution in [1.29, 1.82) is 0 Å². The number of hydrogen-bond donors (Lipinski definition) is 1. The fraction of sp³-hybridized carbons (Fsp3) is 1.00. The fourth-order valence-corrected chi connectivity index (χ4v) is 1.18. The van der Waals surface area contributed by atoms with Crippen LogP contribution >= 0.6 is 0 Å². The van der Waals surface area contributed by atoms with E-state index in [0.29, 0.717) is 6.04 Å². The minimum absolute atomic E-state index is 0.645. The third-order valence-electron chi connectivity index (χ3n) is 1.89. The summed E-state index contributed by atoms with van der Waals surface area (Å²) in [5.41, 5.74) is 0. The Morgan fingerprint density at radius 2 is 2.50 bits per heavy atom. The van der Waals surface area contributed by atoms with Crippen molar-refractivity contribution in [2.75, 3.05) is 19.8 Å². The summed E-state index contributed by atoms with van der Waals surface area (Å²) in [7, 11) is 0. The van der Waals surface area contributed by atoms with Crippen molar-refractivity contribution in [2.24, 2.45) is 0 Å². The molecule has 0 aromatic heterocycles. The van der Waals surface area contributed by atoms with Crippen LogP contribution in [0.2, 0.25) is 0 Å². The molecule has 1 N–H and O–H groups in total. The summed E-state index contributed by atoms with van der Waals surface area (Å²) in [5.74, 6) is 0. The number of hydrogen-bond acceptors (Lipinski definition) is 2. The van der Waals surface area contributed by atoms with E-state index in [-0.39, 0.29) is 0 Å².